The summed E-state index contributed by atoms with van der Waals surface area (Å²) in [6, 6.07) is -0.0899. The fraction of sp³-hybridized carbons (Fsp3) is 0.500. The van der Waals surface area contributed by atoms with Crippen LogP contribution in [0.1, 0.15) is 15.5 Å². The molecule has 21 heavy (non-hydrogen) atoms. The van der Waals surface area contributed by atoms with E-state index in [1.54, 1.807) is 21.3 Å². The Morgan fingerprint density at radius 3 is 3.10 bits per heavy atom. The lowest BCUT2D eigenvalue weighted by atomic mass is 10.1. The normalized spacial score (nSPS) is 25.1. The summed E-state index contributed by atoms with van der Waals surface area (Å²) in [6.45, 7) is 7.11. The Bertz CT molecular complexity index is 586. The molecule has 0 N–H and O–H groups in total. The van der Waals surface area contributed by atoms with Gasteiger partial charge in [0.2, 0.25) is 5.91 Å². The van der Waals surface area contributed by atoms with E-state index in [2.05, 4.69) is 11.6 Å². The molecule has 2 fully saturated rings. The molecule has 112 valence electrons. The quantitative estimate of drug-likeness (QED) is 0.771. The van der Waals surface area contributed by atoms with Crippen molar-refractivity contribution in [3.8, 4) is 0 Å². The molecular weight excluding hydrogens is 290 g/mol. The molecule has 3 rings (SSSR count). The van der Waals surface area contributed by atoms with E-state index in [0.717, 1.165) is 5.01 Å². The third-order valence-corrected chi connectivity index (χ3v) is 4.60. The summed E-state index contributed by atoms with van der Waals surface area (Å²) in [7, 11) is 0. The molecule has 0 radical (unpaired) electrons. The molecule has 0 spiro atoms. The lowest BCUT2D eigenvalue weighted by Crippen LogP contribution is -2.53. The molecule has 2 amide bonds. The third kappa shape index (κ3) is 2.58. The number of carbonyl (C=O) groups is 2. The van der Waals surface area contributed by atoms with E-state index in [-0.39, 0.29) is 30.6 Å². The van der Waals surface area contributed by atoms with Crippen LogP contribution in [0, 0.1) is 6.92 Å². The Kier molecular flexibility index (Phi) is 3.77. The van der Waals surface area contributed by atoms with E-state index in [4.69, 9.17) is 4.74 Å². The number of aromatic nitrogens is 1. The van der Waals surface area contributed by atoms with Crippen molar-refractivity contribution in [2.75, 3.05) is 26.2 Å². The van der Waals surface area contributed by atoms with Crippen molar-refractivity contribution in [3.05, 3.63) is 28.7 Å². The van der Waals surface area contributed by atoms with Crippen LogP contribution in [0.15, 0.2) is 18.0 Å². The molecule has 7 heteroatoms. The molecular formula is C14H17N3O3S. The van der Waals surface area contributed by atoms with Gasteiger partial charge in [0, 0.05) is 25.0 Å². The number of amides is 2. The van der Waals surface area contributed by atoms with Crippen molar-refractivity contribution >= 4 is 23.2 Å². The standard InChI is InChI=1S/C14H17N3O3S/c1-3-4-17-11-5-16(6-12(11)20-7-13(17)18)14(19)10-8-21-9(2)15-10/h3,8,11-12H,1,4-7H2,2H3/t11-,12-/m1/s1. The van der Waals surface area contributed by atoms with Gasteiger partial charge in [-0.2, -0.15) is 0 Å². The molecule has 2 atom stereocenters. The maximum atomic E-state index is 12.4. The van der Waals surface area contributed by atoms with E-state index in [0.29, 0.717) is 25.3 Å². The summed E-state index contributed by atoms with van der Waals surface area (Å²) in [5.74, 6) is -0.140. The van der Waals surface area contributed by atoms with E-state index < -0.39 is 0 Å². The number of rotatable bonds is 3. The van der Waals surface area contributed by atoms with Gasteiger partial charge in [0.05, 0.1) is 17.2 Å². The Morgan fingerprint density at radius 2 is 2.43 bits per heavy atom. The molecule has 1 aromatic heterocycles. The van der Waals surface area contributed by atoms with Gasteiger partial charge in [-0.05, 0) is 6.92 Å². The number of fused-ring (bicyclic) bond motifs is 1. The average Bonchev–Trinajstić information content (AvgIpc) is 3.07. The zero-order chi connectivity index (χ0) is 15.0. The molecule has 0 aliphatic carbocycles. The van der Waals surface area contributed by atoms with Crippen LogP contribution in [0.4, 0.5) is 0 Å². The largest absolute Gasteiger partial charge is 0.364 e. The number of hydrogen-bond acceptors (Lipinski definition) is 5. The number of likely N-dealkylation sites (tertiary alicyclic amines) is 1. The Balaban J connectivity index is 1.75. The maximum Gasteiger partial charge on any atom is 0.273 e. The number of morpholine rings is 1. The number of thiazole rings is 1. The van der Waals surface area contributed by atoms with E-state index in [1.165, 1.54) is 11.3 Å². The summed E-state index contributed by atoms with van der Waals surface area (Å²) >= 11 is 1.46. The van der Waals surface area contributed by atoms with Crippen LogP contribution in [-0.2, 0) is 9.53 Å². The van der Waals surface area contributed by atoms with Gasteiger partial charge < -0.3 is 14.5 Å². The molecule has 2 aliphatic heterocycles. The number of aryl methyl sites for hydroxylation is 1. The van der Waals surface area contributed by atoms with Crippen molar-refractivity contribution in [1.29, 1.82) is 0 Å². The van der Waals surface area contributed by atoms with Gasteiger partial charge in [0.15, 0.2) is 0 Å². The first-order valence-electron chi connectivity index (χ1n) is 6.83. The van der Waals surface area contributed by atoms with Crippen LogP contribution in [0.2, 0.25) is 0 Å². The predicted molar refractivity (Wildman–Crippen MR) is 78.2 cm³/mol. The van der Waals surface area contributed by atoms with E-state index in [9.17, 15) is 9.59 Å². The molecule has 0 aromatic carbocycles. The summed E-state index contributed by atoms with van der Waals surface area (Å²) in [5.41, 5.74) is 0.470. The summed E-state index contributed by atoms with van der Waals surface area (Å²) < 4.78 is 5.58. The third-order valence-electron chi connectivity index (χ3n) is 3.83. The molecule has 3 heterocycles. The van der Waals surface area contributed by atoms with Crippen molar-refractivity contribution in [1.82, 2.24) is 14.8 Å². The highest BCUT2D eigenvalue weighted by molar-refractivity contribution is 7.09. The monoisotopic (exact) mass is 307 g/mol. The SMILES string of the molecule is C=CCN1C(=O)CO[C@@H]2CN(C(=O)c3csc(C)n3)C[C@H]21. The van der Waals surface area contributed by atoms with Gasteiger partial charge in [0.1, 0.15) is 12.3 Å². The van der Waals surface area contributed by atoms with Gasteiger partial charge in [-0.15, -0.1) is 17.9 Å². The van der Waals surface area contributed by atoms with Gasteiger partial charge >= 0.3 is 0 Å². The first-order chi connectivity index (χ1) is 10.1. The Labute approximate surface area is 127 Å². The molecule has 2 saturated heterocycles. The molecule has 0 unspecified atom stereocenters. The first-order valence-corrected chi connectivity index (χ1v) is 7.71. The van der Waals surface area contributed by atoms with Gasteiger partial charge in [-0.1, -0.05) is 6.08 Å². The predicted octanol–water partition coefficient (Wildman–Crippen LogP) is 0.689. The van der Waals surface area contributed by atoms with Gasteiger partial charge in [-0.25, -0.2) is 4.98 Å². The van der Waals surface area contributed by atoms with Crippen LogP contribution < -0.4 is 0 Å². The van der Waals surface area contributed by atoms with E-state index >= 15 is 0 Å². The lowest BCUT2D eigenvalue weighted by Gasteiger charge is -2.35. The maximum absolute atomic E-state index is 12.4. The van der Waals surface area contributed by atoms with Gasteiger partial charge in [0.25, 0.3) is 5.91 Å². The lowest BCUT2D eigenvalue weighted by molar-refractivity contribution is -0.151. The first kappa shape index (κ1) is 14.2. The minimum Gasteiger partial charge on any atom is -0.364 e. The zero-order valence-electron chi connectivity index (χ0n) is 11.8. The fourth-order valence-corrected chi connectivity index (χ4v) is 3.42. The number of hydrogen-bond donors (Lipinski definition) is 0. The number of nitrogens with zero attached hydrogens (tertiary/aromatic N) is 3. The fourth-order valence-electron chi connectivity index (χ4n) is 2.83. The van der Waals surface area contributed by atoms with Crippen molar-refractivity contribution < 1.29 is 14.3 Å². The zero-order valence-corrected chi connectivity index (χ0v) is 12.6. The van der Waals surface area contributed by atoms with Crippen LogP contribution >= 0.6 is 11.3 Å². The highest BCUT2D eigenvalue weighted by Gasteiger charge is 2.44. The second kappa shape index (κ2) is 5.57. The molecule has 6 nitrogen and oxygen atoms in total. The van der Waals surface area contributed by atoms with Crippen molar-refractivity contribution in [2.45, 2.75) is 19.1 Å². The van der Waals surface area contributed by atoms with Crippen molar-refractivity contribution in [2.24, 2.45) is 0 Å². The molecule has 0 bridgehead atoms. The highest BCUT2D eigenvalue weighted by atomic mass is 32.1. The second-order valence-corrected chi connectivity index (χ2v) is 6.28. The average molecular weight is 307 g/mol. The van der Waals surface area contributed by atoms with E-state index in [1.807, 2.05) is 6.92 Å². The molecule has 1 aromatic rings. The second-order valence-electron chi connectivity index (χ2n) is 5.21. The molecule has 2 aliphatic rings. The summed E-state index contributed by atoms with van der Waals surface area (Å²) in [5, 5.41) is 2.64. The summed E-state index contributed by atoms with van der Waals surface area (Å²) in [4.78, 5) is 32.1. The van der Waals surface area contributed by atoms with Crippen LogP contribution in [0.25, 0.3) is 0 Å². The summed E-state index contributed by atoms with van der Waals surface area (Å²) in [6.07, 6.45) is 1.58. The van der Waals surface area contributed by atoms with Crippen LogP contribution in [-0.4, -0.2) is 65.0 Å². The van der Waals surface area contributed by atoms with Crippen LogP contribution in [0.3, 0.4) is 0 Å². The Hall–Kier alpha value is -1.73. The van der Waals surface area contributed by atoms with Gasteiger partial charge in [-0.3, -0.25) is 9.59 Å². The number of ether oxygens (including phenoxy) is 1. The Morgan fingerprint density at radius 1 is 1.62 bits per heavy atom. The van der Waals surface area contributed by atoms with Crippen molar-refractivity contribution in [3.63, 3.8) is 0 Å². The topological polar surface area (TPSA) is 62.7 Å². The van der Waals surface area contributed by atoms with Crippen LogP contribution in [0.5, 0.6) is 0 Å². The minimum absolute atomic E-state index is 0.0463. The molecule has 0 saturated carbocycles. The highest BCUT2D eigenvalue weighted by Crippen LogP contribution is 2.25. The minimum atomic E-state index is -0.119. The number of carbonyl (C=O) groups excluding carboxylic acids is 2. The smallest absolute Gasteiger partial charge is 0.273 e.